The average molecular weight is 446 g/mol. The Balaban J connectivity index is 1.48. The Morgan fingerprint density at radius 2 is 1.70 bits per heavy atom. The molecule has 0 saturated carbocycles. The van der Waals surface area contributed by atoms with Gasteiger partial charge in [0, 0.05) is 12.2 Å². The number of carbonyl (C=O) groups excluding carboxylic acids is 1. The number of rotatable bonds is 6. The largest absolute Gasteiger partial charge is 0.508 e. The van der Waals surface area contributed by atoms with E-state index in [9.17, 15) is 15.0 Å². The lowest BCUT2D eigenvalue weighted by molar-refractivity contribution is -0.123. The summed E-state index contributed by atoms with van der Waals surface area (Å²) in [6.45, 7) is 4.62. The number of aromatic hydroxyl groups is 2. The number of nitrogens with one attached hydrogen (secondary N) is 2. The molecule has 6 heteroatoms. The molecule has 2 atom stereocenters. The highest BCUT2D eigenvalue weighted by atomic mass is 16.3. The van der Waals surface area contributed by atoms with Gasteiger partial charge in [-0.05, 0) is 96.8 Å². The van der Waals surface area contributed by atoms with Gasteiger partial charge in [0.25, 0.3) is 0 Å². The molecule has 4 rings (SSSR count). The topological polar surface area (TPSA) is 108 Å². The van der Waals surface area contributed by atoms with Crippen LogP contribution in [0.25, 0.3) is 0 Å². The third-order valence-electron chi connectivity index (χ3n) is 6.34. The van der Waals surface area contributed by atoms with Crippen LogP contribution >= 0.6 is 0 Å². The molecule has 0 fully saturated rings. The molecule has 1 aliphatic rings. The first kappa shape index (κ1) is 22.7. The quantitative estimate of drug-likeness (QED) is 0.396. The monoisotopic (exact) mass is 445 g/mol. The Morgan fingerprint density at radius 1 is 1.03 bits per heavy atom. The predicted octanol–water partition coefficient (Wildman–Crippen LogP) is 3.85. The van der Waals surface area contributed by atoms with Crippen molar-refractivity contribution < 1.29 is 15.0 Å². The van der Waals surface area contributed by atoms with E-state index in [4.69, 9.17) is 5.73 Å². The molecule has 0 saturated heterocycles. The van der Waals surface area contributed by atoms with Gasteiger partial charge in [0.2, 0.25) is 5.91 Å². The summed E-state index contributed by atoms with van der Waals surface area (Å²) in [6, 6.07) is 16.1. The van der Waals surface area contributed by atoms with Crippen molar-refractivity contribution in [3.63, 3.8) is 0 Å². The molecule has 172 valence electrons. The van der Waals surface area contributed by atoms with E-state index >= 15 is 0 Å². The maximum atomic E-state index is 13.0. The van der Waals surface area contributed by atoms with Crippen LogP contribution in [0, 0.1) is 13.8 Å². The van der Waals surface area contributed by atoms with Gasteiger partial charge in [0.1, 0.15) is 11.5 Å². The Kier molecular flexibility index (Phi) is 6.56. The number of phenols is 2. The Bertz CT molecular complexity index is 1130. The summed E-state index contributed by atoms with van der Waals surface area (Å²) >= 11 is 0. The number of hydrogen-bond acceptors (Lipinski definition) is 5. The molecule has 0 radical (unpaired) electrons. The van der Waals surface area contributed by atoms with Crippen LogP contribution < -0.4 is 16.4 Å². The molecule has 6 nitrogen and oxygen atoms in total. The van der Waals surface area contributed by atoms with E-state index in [1.807, 2.05) is 26.0 Å². The van der Waals surface area contributed by atoms with Gasteiger partial charge in [0.15, 0.2) is 0 Å². The summed E-state index contributed by atoms with van der Waals surface area (Å²) in [4.78, 5) is 13.0. The summed E-state index contributed by atoms with van der Waals surface area (Å²) in [6.07, 6.45) is 1.95. The van der Waals surface area contributed by atoms with Crippen LogP contribution in [0.5, 0.6) is 11.5 Å². The van der Waals surface area contributed by atoms with E-state index < -0.39 is 6.04 Å². The smallest absolute Gasteiger partial charge is 0.237 e. The van der Waals surface area contributed by atoms with Crippen molar-refractivity contribution in [2.45, 2.75) is 45.2 Å². The standard InChI is InChI=1S/C27H31N3O3/c1-16-11-21(32)12-17(2)22(16)15-24(28)27(33)30-26-9-10-29-25-8-5-19(14-23(25)26)13-18-3-6-20(31)7-4-18/h3-8,11-12,14,24,26,29,31-32H,9-10,13,15,28H2,1-2H3,(H,30,33). The fourth-order valence-electron chi connectivity index (χ4n) is 4.56. The minimum absolute atomic E-state index is 0.110. The van der Waals surface area contributed by atoms with Crippen molar-refractivity contribution in [1.29, 1.82) is 0 Å². The lowest BCUT2D eigenvalue weighted by atomic mass is 9.92. The number of anilines is 1. The molecule has 0 spiro atoms. The maximum Gasteiger partial charge on any atom is 0.237 e. The van der Waals surface area contributed by atoms with Crippen LogP contribution in [0.4, 0.5) is 5.69 Å². The third-order valence-corrected chi connectivity index (χ3v) is 6.34. The molecule has 1 aliphatic heterocycles. The van der Waals surface area contributed by atoms with Crippen molar-refractivity contribution >= 4 is 11.6 Å². The first-order valence-corrected chi connectivity index (χ1v) is 11.3. The number of nitrogens with two attached hydrogens (primary N) is 1. The second kappa shape index (κ2) is 9.55. The number of benzene rings is 3. The van der Waals surface area contributed by atoms with Gasteiger partial charge in [0.05, 0.1) is 12.1 Å². The summed E-state index contributed by atoms with van der Waals surface area (Å²) in [5, 5.41) is 25.9. The lowest BCUT2D eigenvalue weighted by Gasteiger charge is -2.29. The first-order valence-electron chi connectivity index (χ1n) is 11.3. The van der Waals surface area contributed by atoms with Gasteiger partial charge in [-0.2, -0.15) is 0 Å². The molecule has 33 heavy (non-hydrogen) atoms. The number of amides is 1. The molecule has 1 amide bonds. The summed E-state index contributed by atoms with van der Waals surface area (Å²) < 4.78 is 0. The van der Waals surface area contributed by atoms with Gasteiger partial charge in [-0.25, -0.2) is 0 Å². The van der Waals surface area contributed by atoms with Crippen LogP contribution in [-0.4, -0.2) is 28.7 Å². The van der Waals surface area contributed by atoms with Crippen molar-refractivity contribution in [3.05, 3.63) is 88.0 Å². The molecule has 3 aromatic rings. The predicted molar refractivity (Wildman–Crippen MR) is 131 cm³/mol. The summed E-state index contributed by atoms with van der Waals surface area (Å²) in [7, 11) is 0. The number of fused-ring (bicyclic) bond motifs is 1. The van der Waals surface area contributed by atoms with Gasteiger partial charge >= 0.3 is 0 Å². The van der Waals surface area contributed by atoms with Crippen LogP contribution in [0.3, 0.4) is 0 Å². The second-order valence-electron chi connectivity index (χ2n) is 8.91. The lowest BCUT2D eigenvalue weighted by Crippen LogP contribution is -2.44. The van der Waals surface area contributed by atoms with Crippen molar-refractivity contribution in [2.24, 2.45) is 5.73 Å². The summed E-state index contributed by atoms with van der Waals surface area (Å²) in [5.74, 6) is 0.301. The average Bonchev–Trinajstić information content (AvgIpc) is 2.78. The van der Waals surface area contributed by atoms with E-state index in [-0.39, 0.29) is 23.4 Å². The molecule has 1 heterocycles. The number of carbonyl (C=O) groups is 1. The molecule has 2 unspecified atom stereocenters. The summed E-state index contributed by atoms with van der Waals surface area (Å²) in [5.41, 5.74) is 13.5. The van der Waals surface area contributed by atoms with Gasteiger partial charge in [-0.3, -0.25) is 4.79 Å². The zero-order valence-electron chi connectivity index (χ0n) is 19.1. The van der Waals surface area contributed by atoms with Crippen LogP contribution in [-0.2, 0) is 17.6 Å². The van der Waals surface area contributed by atoms with E-state index in [1.54, 1.807) is 24.3 Å². The molecule has 0 aliphatic carbocycles. The van der Waals surface area contributed by atoms with Crippen LogP contribution in [0.15, 0.2) is 54.6 Å². The normalized spacial score (nSPS) is 15.9. The maximum absolute atomic E-state index is 13.0. The highest BCUT2D eigenvalue weighted by Gasteiger charge is 2.25. The van der Waals surface area contributed by atoms with E-state index in [0.717, 1.165) is 58.5 Å². The first-order chi connectivity index (χ1) is 15.8. The van der Waals surface area contributed by atoms with Crippen molar-refractivity contribution in [3.8, 4) is 11.5 Å². The zero-order chi connectivity index (χ0) is 23.5. The fourth-order valence-corrected chi connectivity index (χ4v) is 4.56. The number of phenolic OH excluding ortho intramolecular Hbond substituents is 2. The molecular weight excluding hydrogens is 414 g/mol. The highest BCUT2D eigenvalue weighted by Crippen LogP contribution is 2.31. The van der Waals surface area contributed by atoms with E-state index in [2.05, 4.69) is 28.8 Å². The van der Waals surface area contributed by atoms with E-state index in [0.29, 0.717) is 6.42 Å². The van der Waals surface area contributed by atoms with Crippen LogP contribution in [0.2, 0.25) is 0 Å². The fraction of sp³-hybridized carbons (Fsp3) is 0.296. The molecule has 3 aromatic carbocycles. The van der Waals surface area contributed by atoms with Gasteiger partial charge < -0.3 is 26.6 Å². The highest BCUT2D eigenvalue weighted by molar-refractivity contribution is 5.82. The van der Waals surface area contributed by atoms with Crippen LogP contribution in [0.1, 0.15) is 45.8 Å². The van der Waals surface area contributed by atoms with Gasteiger partial charge in [-0.15, -0.1) is 0 Å². The second-order valence-corrected chi connectivity index (χ2v) is 8.91. The Morgan fingerprint density at radius 3 is 2.39 bits per heavy atom. The van der Waals surface area contributed by atoms with Gasteiger partial charge in [-0.1, -0.05) is 24.3 Å². The Labute approximate surface area is 194 Å². The SMILES string of the molecule is Cc1cc(O)cc(C)c1CC(N)C(=O)NC1CCNc2ccc(Cc3ccc(O)cc3)cc21. The van der Waals surface area contributed by atoms with Crippen molar-refractivity contribution in [1.82, 2.24) is 5.32 Å². The zero-order valence-corrected chi connectivity index (χ0v) is 19.1. The molecule has 0 bridgehead atoms. The third kappa shape index (κ3) is 5.29. The minimum atomic E-state index is -0.676. The molecular formula is C27H31N3O3. The number of aryl methyl sites for hydroxylation is 2. The number of hydrogen-bond donors (Lipinski definition) is 5. The minimum Gasteiger partial charge on any atom is -0.508 e. The molecule has 0 aromatic heterocycles. The van der Waals surface area contributed by atoms with E-state index in [1.165, 1.54) is 0 Å². The Hall–Kier alpha value is -3.51. The molecule has 6 N–H and O–H groups in total. The van der Waals surface area contributed by atoms with Crippen molar-refractivity contribution in [2.75, 3.05) is 11.9 Å².